The number of Topliss-reactive ketones (excluding diaryl/α,β-unsaturated/α-hetero) is 1. The first-order chi connectivity index (χ1) is 5.86. The van der Waals surface area contributed by atoms with Gasteiger partial charge in [0.25, 0.3) is 5.97 Å². The van der Waals surface area contributed by atoms with E-state index in [1.165, 1.54) is 0 Å². The molecule has 4 nitrogen and oxygen atoms in total. The van der Waals surface area contributed by atoms with Crippen LogP contribution in [0, 0.1) is 5.92 Å². The van der Waals surface area contributed by atoms with Crippen LogP contribution >= 0.6 is 0 Å². The molecule has 0 aliphatic heterocycles. The number of rotatable bonds is 2. The van der Waals surface area contributed by atoms with Gasteiger partial charge in [-0.05, 0) is 12.8 Å². The molecule has 2 N–H and O–H groups in total. The summed E-state index contributed by atoms with van der Waals surface area (Å²) >= 11 is 0. The van der Waals surface area contributed by atoms with Crippen molar-refractivity contribution in [2.24, 2.45) is 5.92 Å². The first-order valence-corrected chi connectivity index (χ1v) is 4.00. The molecule has 0 aromatic carbocycles. The third-order valence-electron chi connectivity index (χ3n) is 0.696. The molecule has 0 amide bonds. The molecular formula is C9H20O4. The van der Waals surface area contributed by atoms with Gasteiger partial charge >= 0.3 is 0 Å². The van der Waals surface area contributed by atoms with Gasteiger partial charge in [-0.25, -0.2) is 0 Å². The van der Waals surface area contributed by atoms with Crippen LogP contribution in [0.2, 0.25) is 0 Å². The van der Waals surface area contributed by atoms with Crippen molar-refractivity contribution in [2.75, 3.05) is 7.11 Å². The van der Waals surface area contributed by atoms with Crippen LogP contribution < -0.4 is 0 Å². The summed E-state index contributed by atoms with van der Waals surface area (Å²) < 4.78 is 0. The van der Waals surface area contributed by atoms with Crippen molar-refractivity contribution in [1.82, 2.24) is 0 Å². The molecule has 0 aromatic heterocycles. The lowest BCUT2D eigenvalue weighted by atomic mass is 10.1. The van der Waals surface area contributed by atoms with Gasteiger partial charge in [0.2, 0.25) is 0 Å². The van der Waals surface area contributed by atoms with Gasteiger partial charge in [-0.1, -0.05) is 13.8 Å². The third-order valence-corrected chi connectivity index (χ3v) is 0.696. The van der Waals surface area contributed by atoms with Crippen LogP contribution in [-0.2, 0) is 9.59 Å². The Labute approximate surface area is 79.6 Å². The van der Waals surface area contributed by atoms with Gasteiger partial charge in [0, 0.05) is 20.5 Å². The smallest absolute Gasteiger partial charge is 0.300 e. The summed E-state index contributed by atoms with van der Waals surface area (Å²) in [4.78, 5) is 19.3. The van der Waals surface area contributed by atoms with E-state index in [1.807, 2.05) is 13.8 Å². The number of ketones is 1. The summed E-state index contributed by atoms with van der Waals surface area (Å²) in [7, 11) is 1.00. The zero-order valence-electron chi connectivity index (χ0n) is 9.00. The van der Waals surface area contributed by atoms with Crippen LogP contribution in [0.5, 0.6) is 0 Å². The Bertz CT molecular complexity index is 126. The predicted molar refractivity (Wildman–Crippen MR) is 51.6 cm³/mol. The SMILES string of the molecule is CC(=O)CC(C)C.CC(=O)O.CO. The monoisotopic (exact) mass is 192 g/mol. The second kappa shape index (κ2) is 13.7. The minimum absolute atomic E-state index is 0.287. The molecule has 0 spiro atoms. The van der Waals surface area contributed by atoms with E-state index < -0.39 is 5.97 Å². The van der Waals surface area contributed by atoms with Gasteiger partial charge in [-0.15, -0.1) is 0 Å². The van der Waals surface area contributed by atoms with Crippen LogP contribution in [0.1, 0.15) is 34.1 Å². The maximum Gasteiger partial charge on any atom is 0.300 e. The van der Waals surface area contributed by atoms with E-state index in [0.717, 1.165) is 20.5 Å². The van der Waals surface area contributed by atoms with Crippen molar-refractivity contribution in [2.45, 2.75) is 34.1 Å². The number of carbonyl (C=O) groups is 2. The molecule has 0 bridgehead atoms. The average Bonchev–Trinajstić information content (AvgIpc) is 1.87. The predicted octanol–water partition coefficient (Wildman–Crippen LogP) is 1.32. The molecule has 0 heterocycles. The fourth-order valence-corrected chi connectivity index (χ4v) is 0.575. The maximum atomic E-state index is 10.3. The molecule has 0 aromatic rings. The highest BCUT2D eigenvalue weighted by Crippen LogP contribution is 1.97. The number of carboxylic acids is 1. The minimum atomic E-state index is -0.833. The molecule has 0 aliphatic rings. The van der Waals surface area contributed by atoms with Gasteiger partial charge in [0.1, 0.15) is 5.78 Å². The lowest BCUT2D eigenvalue weighted by Crippen LogP contribution is -1.95. The Morgan fingerprint density at radius 1 is 1.15 bits per heavy atom. The lowest BCUT2D eigenvalue weighted by molar-refractivity contribution is -0.134. The fourth-order valence-electron chi connectivity index (χ4n) is 0.575. The Hall–Kier alpha value is -0.900. The van der Waals surface area contributed by atoms with Gasteiger partial charge < -0.3 is 15.0 Å². The first kappa shape index (κ1) is 18.0. The average molecular weight is 192 g/mol. The summed E-state index contributed by atoms with van der Waals surface area (Å²) in [5.74, 6) is -0.0208. The highest BCUT2D eigenvalue weighted by Gasteiger charge is 1.95. The Kier molecular flexibility index (Phi) is 18.9. The second-order valence-corrected chi connectivity index (χ2v) is 2.82. The number of carboxylic acid groups (broad SMARTS) is 1. The Morgan fingerprint density at radius 3 is 1.38 bits per heavy atom. The summed E-state index contributed by atoms with van der Waals surface area (Å²) in [6, 6.07) is 0. The molecule has 0 rings (SSSR count). The van der Waals surface area contributed by atoms with E-state index in [9.17, 15) is 4.79 Å². The van der Waals surface area contributed by atoms with Crippen LogP contribution in [0.3, 0.4) is 0 Å². The number of hydrogen-bond donors (Lipinski definition) is 2. The topological polar surface area (TPSA) is 74.6 Å². The molecule has 0 fully saturated rings. The Morgan fingerprint density at radius 2 is 1.38 bits per heavy atom. The van der Waals surface area contributed by atoms with Crippen molar-refractivity contribution in [3.8, 4) is 0 Å². The number of aliphatic hydroxyl groups excluding tert-OH is 1. The van der Waals surface area contributed by atoms with Gasteiger partial charge in [0.05, 0.1) is 0 Å². The number of aliphatic hydroxyl groups is 1. The van der Waals surface area contributed by atoms with Crippen molar-refractivity contribution in [1.29, 1.82) is 0 Å². The quantitative estimate of drug-likeness (QED) is 0.692. The van der Waals surface area contributed by atoms with E-state index in [0.29, 0.717) is 5.92 Å². The number of aliphatic carboxylic acids is 1. The van der Waals surface area contributed by atoms with E-state index in [-0.39, 0.29) is 5.78 Å². The molecular weight excluding hydrogens is 172 g/mol. The number of carbonyl (C=O) groups excluding carboxylic acids is 1. The van der Waals surface area contributed by atoms with Gasteiger partial charge in [-0.3, -0.25) is 4.79 Å². The van der Waals surface area contributed by atoms with E-state index >= 15 is 0 Å². The third kappa shape index (κ3) is 95.6. The zero-order valence-corrected chi connectivity index (χ0v) is 9.00. The highest BCUT2D eigenvalue weighted by molar-refractivity contribution is 5.75. The Balaban J connectivity index is -0.000000142. The molecule has 13 heavy (non-hydrogen) atoms. The lowest BCUT2D eigenvalue weighted by Gasteiger charge is -1.95. The minimum Gasteiger partial charge on any atom is -0.481 e. The molecule has 0 radical (unpaired) electrons. The van der Waals surface area contributed by atoms with Crippen molar-refractivity contribution < 1.29 is 19.8 Å². The van der Waals surface area contributed by atoms with Crippen molar-refractivity contribution >= 4 is 11.8 Å². The molecule has 80 valence electrons. The second-order valence-electron chi connectivity index (χ2n) is 2.82. The van der Waals surface area contributed by atoms with Gasteiger partial charge in [0.15, 0.2) is 0 Å². The van der Waals surface area contributed by atoms with E-state index in [1.54, 1.807) is 6.92 Å². The van der Waals surface area contributed by atoms with Crippen LogP contribution in [0.4, 0.5) is 0 Å². The fraction of sp³-hybridized carbons (Fsp3) is 0.778. The molecule has 0 unspecified atom stereocenters. The van der Waals surface area contributed by atoms with Crippen LogP contribution in [-0.4, -0.2) is 29.1 Å². The standard InChI is InChI=1S/C6H12O.C2H4O2.CH4O/c1-5(2)4-6(3)7;1-2(3)4;1-2/h5H,4H2,1-3H3;1H3,(H,3,4);2H,1H3. The van der Waals surface area contributed by atoms with Crippen molar-refractivity contribution in [3.05, 3.63) is 0 Å². The van der Waals surface area contributed by atoms with E-state index in [2.05, 4.69) is 0 Å². The van der Waals surface area contributed by atoms with E-state index in [4.69, 9.17) is 15.0 Å². The molecule has 4 heteroatoms. The van der Waals surface area contributed by atoms with Crippen LogP contribution in [0.15, 0.2) is 0 Å². The summed E-state index contributed by atoms with van der Waals surface area (Å²) in [5.41, 5.74) is 0. The highest BCUT2D eigenvalue weighted by atomic mass is 16.4. The van der Waals surface area contributed by atoms with Crippen molar-refractivity contribution in [3.63, 3.8) is 0 Å². The molecule has 0 aliphatic carbocycles. The maximum absolute atomic E-state index is 10.3. The normalized spacial score (nSPS) is 7.62. The molecule has 0 saturated carbocycles. The van der Waals surface area contributed by atoms with Gasteiger partial charge in [-0.2, -0.15) is 0 Å². The summed E-state index contributed by atoms with van der Waals surface area (Å²) in [6.07, 6.45) is 0.722. The molecule has 0 saturated heterocycles. The molecule has 0 atom stereocenters. The van der Waals surface area contributed by atoms with Crippen LogP contribution in [0.25, 0.3) is 0 Å². The summed E-state index contributed by atoms with van der Waals surface area (Å²) in [5, 5.41) is 14.4. The first-order valence-electron chi connectivity index (χ1n) is 4.00. The summed E-state index contributed by atoms with van der Waals surface area (Å²) in [6.45, 7) is 6.79. The zero-order chi connectivity index (χ0) is 11.4. The number of hydrogen-bond acceptors (Lipinski definition) is 3. The largest absolute Gasteiger partial charge is 0.481 e.